The molecule has 0 spiro atoms. The highest BCUT2D eigenvalue weighted by molar-refractivity contribution is 7.09. The van der Waals surface area contributed by atoms with Crippen molar-refractivity contribution in [3.8, 4) is 11.5 Å². The van der Waals surface area contributed by atoms with Gasteiger partial charge in [-0.1, -0.05) is 0 Å². The highest BCUT2D eigenvalue weighted by atomic mass is 32.1. The zero-order valence-corrected chi connectivity index (χ0v) is 10.7. The smallest absolute Gasteiger partial charge is 0.163 e. The zero-order chi connectivity index (χ0) is 12.2. The molecule has 1 aliphatic rings. The second-order valence-corrected chi connectivity index (χ2v) is 4.97. The highest BCUT2D eigenvalue weighted by Gasteiger charge is 2.10. The third kappa shape index (κ3) is 2.56. The summed E-state index contributed by atoms with van der Waals surface area (Å²) in [5.74, 6) is 1.64. The van der Waals surface area contributed by atoms with E-state index in [0.717, 1.165) is 41.8 Å². The third-order valence-electron chi connectivity index (χ3n) is 2.67. The van der Waals surface area contributed by atoms with Crippen LogP contribution in [-0.2, 0) is 6.54 Å². The summed E-state index contributed by atoms with van der Waals surface area (Å²) in [6.45, 7) is 2.17. The monoisotopic (exact) mass is 262 g/mol. The number of ether oxygens (including phenoxy) is 2. The summed E-state index contributed by atoms with van der Waals surface area (Å²) in [5.41, 5.74) is 1.02. The maximum absolute atomic E-state index is 5.65. The van der Waals surface area contributed by atoms with Gasteiger partial charge in [0.1, 0.15) is 5.01 Å². The molecule has 1 aromatic carbocycles. The predicted molar refractivity (Wildman–Crippen MR) is 71.5 cm³/mol. The van der Waals surface area contributed by atoms with Crippen LogP contribution in [0.5, 0.6) is 11.5 Å². The summed E-state index contributed by atoms with van der Waals surface area (Å²) in [6.07, 6.45) is 2.74. The van der Waals surface area contributed by atoms with Gasteiger partial charge in [-0.15, -0.1) is 11.3 Å². The molecule has 5 heteroatoms. The van der Waals surface area contributed by atoms with E-state index in [2.05, 4.69) is 10.3 Å². The molecule has 0 saturated carbocycles. The number of nitrogens with one attached hydrogen (secondary N) is 1. The van der Waals surface area contributed by atoms with Gasteiger partial charge in [-0.3, -0.25) is 0 Å². The summed E-state index contributed by atoms with van der Waals surface area (Å²) < 4.78 is 11.2. The number of nitrogens with zero attached hydrogens (tertiary/aromatic N) is 1. The lowest BCUT2D eigenvalue weighted by molar-refractivity contribution is 0.297. The Labute approximate surface area is 110 Å². The molecule has 0 radical (unpaired) electrons. The molecule has 0 saturated heterocycles. The Bertz CT molecular complexity index is 514. The van der Waals surface area contributed by atoms with Crippen LogP contribution in [0, 0.1) is 0 Å². The Morgan fingerprint density at radius 2 is 2.11 bits per heavy atom. The van der Waals surface area contributed by atoms with Crippen LogP contribution in [0.2, 0.25) is 0 Å². The van der Waals surface area contributed by atoms with E-state index in [1.807, 2.05) is 29.8 Å². The van der Waals surface area contributed by atoms with Crippen LogP contribution < -0.4 is 14.8 Å². The molecule has 18 heavy (non-hydrogen) atoms. The Morgan fingerprint density at radius 3 is 2.94 bits per heavy atom. The normalized spacial score (nSPS) is 14.0. The first-order valence-corrected chi connectivity index (χ1v) is 6.82. The van der Waals surface area contributed by atoms with Crippen LogP contribution >= 0.6 is 11.3 Å². The fourth-order valence-electron chi connectivity index (χ4n) is 1.79. The summed E-state index contributed by atoms with van der Waals surface area (Å²) in [4.78, 5) is 4.23. The average Bonchev–Trinajstić information content (AvgIpc) is 2.80. The Kier molecular flexibility index (Phi) is 3.32. The van der Waals surface area contributed by atoms with E-state index >= 15 is 0 Å². The van der Waals surface area contributed by atoms with E-state index in [1.54, 1.807) is 11.3 Å². The molecule has 2 aromatic rings. The van der Waals surface area contributed by atoms with E-state index < -0.39 is 0 Å². The number of hydrogen-bond donors (Lipinski definition) is 1. The SMILES string of the molecule is c1csc(CNc2ccc3c(c2)OCCCO3)n1. The van der Waals surface area contributed by atoms with Gasteiger partial charge in [0.25, 0.3) is 0 Å². The van der Waals surface area contributed by atoms with Gasteiger partial charge >= 0.3 is 0 Å². The standard InChI is InChI=1S/C13H14N2O2S/c1-5-16-11-3-2-10(8-12(11)17-6-1)15-9-13-14-4-7-18-13/h2-4,7-8,15H,1,5-6,9H2. The fraction of sp³-hybridized carbons (Fsp3) is 0.308. The molecule has 4 nitrogen and oxygen atoms in total. The maximum atomic E-state index is 5.65. The number of benzene rings is 1. The summed E-state index contributed by atoms with van der Waals surface area (Å²) in [6, 6.07) is 5.93. The number of aromatic nitrogens is 1. The van der Waals surface area contributed by atoms with Crippen molar-refractivity contribution in [1.82, 2.24) is 4.98 Å². The quantitative estimate of drug-likeness (QED) is 0.923. The van der Waals surface area contributed by atoms with Gasteiger partial charge in [-0.2, -0.15) is 0 Å². The number of rotatable bonds is 3. The molecular formula is C13H14N2O2S. The first kappa shape index (κ1) is 11.3. The maximum Gasteiger partial charge on any atom is 0.163 e. The van der Waals surface area contributed by atoms with E-state index in [0.29, 0.717) is 6.61 Å². The van der Waals surface area contributed by atoms with E-state index in [1.165, 1.54) is 0 Å². The van der Waals surface area contributed by atoms with Gasteiger partial charge in [0.15, 0.2) is 11.5 Å². The molecule has 3 rings (SSSR count). The lowest BCUT2D eigenvalue weighted by Gasteiger charge is -2.10. The molecule has 1 N–H and O–H groups in total. The molecule has 0 aliphatic carbocycles. The molecule has 0 atom stereocenters. The Hall–Kier alpha value is -1.75. The molecule has 2 heterocycles. The minimum atomic E-state index is 0.711. The highest BCUT2D eigenvalue weighted by Crippen LogP contribution is 2.32. The van der Waals surface area contributed by atoms with Gasteiger partial charge in [-0.25, -0.2) is 4.98 Å². The van der Waals surface area contributed by atoms with E-state index in [4.69, 9.17) is 9.47 Å². The van der Waals surface area contributed by atoms with Crippen molar-refractivity contribution in [3.63, 3.8) is 0 Å². The molecular weight excluding hydrogens is 248 g/mol. The molecule has 0 amide bonds. The van der Waals surface area contributed by atoms with Gasteiger partial charge < -0.3 is 14.8 Å². The van der Waals surface area contributed by atoms with Gasteiger partial charge in [0, 0.05) is 29.8 Å². The average molecular weight is 262 g/mol. The van der Waals surface area contributed by atoms with E-state index in [9.17, 15) is 0 Å². The Morgan fingerprint density at radius 1 is 1.22 bits per heavy atom. The number of anilines is 1. The summed E-state index contributed by atoms with van der Waals surface area (Å²) in [5, 5.41) is 6.38. The van der Waals surface area contributed by atoms with Crippen molar-refractivity contribution in [3.05, 3.63) is 34.8 Å². The van der Waals surface area contributed by atoms with Crippen LogP contribution in [0.3, 0.4) is 0 Å². The van der Waals surface area contributed by atoms with Crippen LogP contribution in [0.25, 0.3) is 0 Å². The van der Waals surface area contributed by atoms with Gasteiger partial charge in [-0.05, 0) is 12.1 Å². The summed E-state index contributed by atoms with van der Waals surface area (Å²) >= 11 is 1.64. The molecule has 94 valence electrons. The first-order chi connectivity index (χ1) is 8.92. The van der Waals surface area contributed by atoms with Crippen molar-refractivity contribution in [2.75, 3.05) is 18.5 Å². The van der Waals surface area contributed by atoms with Crippen LogP contribution in [0.1, 0.15) is 11.4 Å². The van der Waals surface area contributed by atoms with Crippen LogP contribution in [-0.4, -0.2) is 18.2 Å². The van der Waals surface area contributed by atoms with Crippen molar-refractivity contribution < 1.29 is 9.47 Å². The third-order valence-corrected chi connectivity index (χ3v) is 3.45. The molecule has 1 aliphatic heterocycles. The van der Waals surface area contributed by atoms with Crippen molar-refractivity contribution in [1.29, 1.82) is 0 Å². The van der Waals surface area contributed by atoms with Gasteiger partial charge in [0.2, 0.25) is 0 Å². The Balaban J connectivity index is 1.71. The van der Waals surface area contributed by atoms with Crippen molar-refractivity contribution >= 4 is 17.0 Å². The van der Waals surface area contributed by atoms with E-state index in [-0.39, 0.29) is 0 Å². The number of hydrogen-bond acceptors (Lipinski definition) is 5. The summed E-state index contributed by atoms with van der Waals surface area (Å²) in [7, 11) is 0. The van der Waals surface area contributed by atoms with Crippen LogP contribution in [0.15, 0.2) is 29.8 Å². The van der Waals surface area contributed by atoms with Crippen LogP contribution in [0.4, 0.5) is 5.69 Å². The minimum Gasteiger partial charge on any atom is -0.490 e. The first-order valence-electron chi connectivity index (χ1n) is 5.94. The topological polar surface area (TPSA) is 43.4 Å². The second kappa shape index (κ2) is 5.27. The fourth-order valence-corrected chi connectivity index (χ4v) is 2.35. The zero-order valence-electron chi connectivity index (χ0n) is 9.89. The molecule has 0 unspecified atom stereocenters. The molecule has 0 fully saturated rings. The predicted octanol–water partition coefficient (Wildman–Crippen LogP) is 2.92. The lowest BCUT2D eigenvalue weighted by atomic mass is 10.2. The second-order valence-electron chi connectivity index (χ2n) is 3.99. The minimum absolute atomic E-state index is 0.711. The van der Waals surface area contributed by atoms with Crippen molar-refractivity contribution in [2.24, 2.45) is 0 Å². The number of fused-ring (bicyclic) bond motifs is 1. The van der Waals surface area contributed by atoms with Gasteiger partial charge in [0.05, 0.1) is 19.8 Å². The lowest BCUT2D eigenvalue weighted by Crippen LogP contribution is -1.99. The molecule has 0 bridgehead atoms. The van der Waals surface area contributed by atoms with Crippen molar-refractivity contribution in [2.45, 2.75) is 13.0 Å². The molecule has 1 aromatic heterocycles. The number of thiazole rings is 1. The largest absolute Gasteiger partial charge is 0.490 e.